The van der Waals surface area contributed by atoms with Gasteiger partial charge in [0.2, 0.25) is 0 Å². The van der Waals surface area contributed by atoms with Gasteiger partial charge in [-0.3, -0.25) is 0 Å². The third-order valence-corrected chi connectivity index (χ3v) is 3.18. The van der Waals surface area contributed by atoms with E-state index in [1.165, 1.54) is 6.42 Å². The van der Waals surface area contributed by atoms with E-state index in [1.807, 2.05) is 6.92 Å². The van der Waals surface area contributed by atoms with Crippen molar-refractivity contribution in [3.8, 4) is 0 Å². The van der Waals surface area contributed by atoms with E-state index in [0.29, 0.717) is 6.04 Å². The Hall–Kier alpha value is -0.120. The summed E-state index contributed by atoms with van der Waals surface area (Å²) in [7, 11) is 0. The van der Waals surface area contributed by atoms with Crippen molar-refractivity contribution in [1.29, 1.82) is 0 Å². The summed E-state index contributed by atoms with van der Waals surface area (Å²) in [5, 5.41) is 13.7. The highest BCUT2D eigenvalue weighted by Gasteiger charge is 2.26. The number of hydrogen-bond acceptors (Lipinski definition) is 3. The summed E-state index contributed by atoms with van der Waals surface area (Å²) in [6.45, 7) is 8.85. The molecule has 0 amide bonds. The standard InChI is InChI=1S/C13H27NO2/c1-11(2)5-4-6-13(3,15)9-12-10-16-8-7-14-12/h11-12,14-15H,4-10H2,1-3H3. The van der Waals surface area contributed by atoms with Crippen LogP contribution in [0.5, 0.6) is 0 Å². The lowest BCUT2D eigenvalue weighted by molar-refractivity contribution is -0.000885. The summed E-state index contributed by atoms with van der Waals surface area (Å²) >= 11 is 0. The van der Waals surface area contributed by atoms with E-state index < -0.39 is 5.60 Å². The quantitative estimate of drug-likeness (QED) is 0.731. The smallest absolute Gasteiger partial charge is 0.0635 e. The third kappa shape index (κ3) is 5.83. The first kappa shape index (κ1) is 13.9. The van der Waals surface area contributed by atoms with E-state index in [1.54, 1.807) is 0 Å². The summed E-state index contributed by atoms with van der Waals surface area (Å²) < 4.78 is 5.40. The first-order valence-electron chi connectivity index (χ1n) is 6.53. The van der Waals surface area contributed by atoms with Gasteiger partial charge in [-0.25, -0.2) is 0 Å². The largest absolute Gasteiger partial charge is 0.390 e. The molecule has 0 aromatic rings. The lowest BCUT2D eigenvalue weighted by atomic mass is 9.90. The van der Waals surface area contributed by atoms with E-state index in [0.717, 1.165) is 44.9 Å². The Kier molecular flexibility index (Phi) is 5.73. The van der Waals surface area contributed by atoms with Crippen LogP contribution in [0.1, 0.15) is 46.5 Å². The highest BCUT2D eigenvalue weighted by atomic mass is 16.5. The third-order valence-electron chi connectivity index (χ3n) is 3.18. The summed E-state index contributed by atoms with van der Waals surface area (Å²) in [5.41, 5.74) is -0.548. The van der Waals surface area contributed by atoms with E-state index in [-0.39, 0.29) is 0 Å². The zero-order chi connectivity index (χ0) is 12.0. The molecule has 96 valence electrons. The highest BCUT2D eigenvalue weighted by molar-refractivity contribution is 4.82. The molecule has 0 aromatic heterocycles. The van der Waals surface area contributed by atoms with Crippen LogP contribution in [0.2, 0.25) is 0 Å². The highest BCUT2D eigenvalue weighted by Crippen LogP contribution is 2.22. The molecule has 2 unspecified atom stereocenters. The van der Waals surface area contributed by atoms with Crippen LogP contribution in [-0.4, -0.2) is 36.5 Å². The van der Waals surface area contributed by atoms with Crippen molar-refractivity contribution in [2.45, 2.75) is 58.1 Å². The van der Waals surface area contributed by atoms with Gasteiger partial charge in [-0.15, -0.1) is 0 Å². The van der Waals surface area contributed by atoms with Crippen LogP contribution in [0, 0.1) is 5.92 Å². The van der Waals surface area contributed by atoms with Gasteiger partial charge in [0.15, 0.2) is 0 Å². The number of nitrogens with one attached hydrogen (secondary N) is 1. The molecule has 16 heavy (non-hydrogen) atoms. The minimum absolute atomic E-state index is 0.322. The Balaban J connectivity index is 2.21. The predicted octanol–water partition coefficient (Wildman–Crippen LogP) is 1.94. The number of ether oxygens (including phenoxy) is 1. The first-order valence-corrected chi connectivity index (χ1v) is 6.53. The molecule has 3 nitrogen and oxygen atoms in total. The van der Waals surface area contributed by atoms with Gasteiger partial charge < -0.3 is 15.2 Å². The lowest BCUT2D eigenvalue weighted by Crippen LogP contribution is -2.45. The molecule has 1 heterocycles. The zero-order valence-corrected chi connectivity index (χ0v) is 11.0. The molecule has 0 bridgehead atoms. The number of morpholine rings is 1. The molecule has 0 aliphatic carbocycles. The van der Waals surface area contributed by atoms with Crippen molar-refractivity contribution in [3.63, 3.8) is 0 Å². The molecule has 0 saturated carbocycles. The van der Waals surface area contributed by atoms with Crippen LogP contribution in [-0.2, 0) is 4.74 Å². The molecular formula is C13H27NO2. The monoisotopic (exact) mass is 229 g/mol. The predicted molar refractivity (Wildman–Crippen MR) is 66.5 cm³/mol. The van der Waals surface area contributed by atoms with Crippen LogP contribution in [0.3, 0.4) is 0 Å². The van der Waals surface area contributed by atoms with Gasteiger partial charge in [-0.1, -0.05) is 26.7 Å². The molecule has 3 heteroatoms. The molecule has 2 atom stereocenters. The number of hydrogen-bond donors (Lipinski definition) is 2. The second kappa shape index (κ2) is 6.58. The Morgan fingerprint density at radius 3 is 2.81 bits per heavy atom. The van der Waals surface area contributed by atoms with Crippen LogP contribution >= 0.6 is 0 Å². The molecule has 1 aliphatic rings. The summed E-state index contributed by atoms with van der Waals surface area (Å²) in [6, 6.07) is 0.322. The summed E-state index contributed by atoms with van der Waals surface area (Å²) in [4.78, 5) is 0. The van der Waals surface area contributed by atoms with E-state index >= 15 is 0 Å². The van der Waals surface area contributed by atoms with Crippen LogP contribution in [0.25, 0.3) is 0 Å². The summed E-state index contributed by atoms with van der Waals surface area (Å²) in [5.74, 6) is 0.729. The molecule has 1 aliphatic heterocycles. The molecule has 2 N–H and O–H groups in total. The van der Waals surface area contributed by atoms with Crippen molar-refractivity contribution >= 4 is 0 Å². The zero-order valence-electron chi connectivity index (χ0n) is 11.0. The molecular weight excluding hydrogens is 202 g/mol. The molecule has 0 spiro atoms. The van der Waals surface area contributed by atoms with Crippen LogP contribution < -0.4 is 5.32 Å². The van der Waals surface area contributed by atoms with Crippen molar-refractivity contribution < 1.29 is 9.84 Å². The fourth-order valence-electron chi connectivity index (χ4n) is 2.27. The van der Waals surface area contributed by atoms with Gasteiger partial charge in [0, 0.05) is 12.6 Å². The second-order valence-electron chi connectivity index (χ2n) is 5.71. The molecule has 0 radical (unpaired) electrons. The van der Waals surface area contributed by atoms with Gasteiger partial charge in [0.05, 0.1) is 18.8 Å². The maximum atomic E-state index is 10.3. The van der Waals surface area contributed by atoms with Gasteiger partial charge in [-0.2, -0.15) is 0 Å². The molecule has 1 rings (SSSR count). The van der Waals surface area contributed by atoms with Crippen molar-refractivity contribution in [3.05, 3.63) is 0 Å². The average Bonchev–Trinajstić information content (AvgIpc) is 2.17. The van der Waals surface area contributed by atoms with Crippen molar-refractivity contribution in [2.75, 3.05) is 19.8 Å². The van der Waals surface area contributed by atoms with E-state index in [4.69, 9.17) is 4.74 Å². The average molecular weight is 229 g/mol. The lowest BCUT2D eigenvalue weighted by Gasteiger charge is -2.31. The molecule has 0 aromatic carbocycles. The minimum atomic E-state index is -0.548. The number of aliphatic hydroxyl groups is 1. The van der Waals surface area contributed by atoms with Gasteiger partial charge in [-0.05, 0) is 25.7 Å². The topological polar surface area (TPSA) is 41.5 Å². The summed E-state index contributed by atoms with van der Waals surface area (Å²) in [6.07, 6.45) is 4.00. The van der Waals surface area contributed by atoms with E-state index in [9.17, 15) is 5.11 Å². The van der Waals surface area contributed by atoms with Crippen molar-refractivity contribution in [1.82, 2.24) is 5.32 Å². The maximum Gasteiger partial charge on any atom is 0.0635 e. The SMILES string of the molecule is CC(C)CCCC(C)(O)CC1COCCN1. The van der Waals surface area contributed by atoms with Crippen LogP contribution in [0.15, 0.2) is 0 Å². The maximum absolute atomic E-state index is 10.3. The van der Waals surface area contributed by atoms with Gasteiger partial charge in [0.1, 0.15) is 0 Å². The Morgan fingerprint density at radius 2 is 2.25 bits per heavy atom. The molecule has 1 fully saturated rings. The number of rotatable bonds is 6. The van der Waals surface area contributed by atoms with E-state index in [2.05, 4.69) is 19.2 Å². The second-order valence-corrected chi connectivity index (χ2v) is 5.71. The Morgan fingerprint density at radius 1 is 1.50 bits per heavy atom. The Labute approximate surface area is 99.6 Å². The van der Waals surface area contributed by atoms with Gasteiger partial charge >= 0.3 is 0 Å². The van der Waals surface area contributed by atoms with Crippen molar-refractivity contribution in [2.24, 2.45) is 5.92 Å². The molecule has 1 saturated heterocycles. The van der Waals surface area contributed by atoms with Gasteiger partial charge in [0.25, 0.3) is 0 Å². The van der Waals surface area contributed by atoms with Crippen LogP contribution in [0.4, 0.5) is 0 Å². The minimum Gasteiger partial charge on any atom is -0.390 e. The normalized spacial score (nSPS) is 25.7. The first-order chi connectivity index (χ1) is 7.49. The fourth-order valence-corrected chi connectivity index (χ4v) is 2.27. The fraction of sp³-hybridized carbons (Fsp3) is 1.00. The Bertz CT molecular complexity index is 186.